The van der Waals surface area contributed by atoms with Crippen molar-refractivity contribution in [2.24, 2.45) is 4.99 Å². The van der Waals surface area contributed by atoms with Gasteiger partial charge in [-0.2, -0.15) is 0 Å². The molecule has 0 saturated carbocycles. The highest BCUT2D eigenvalue weighted by Crippen LogP contribution is 2.26. The molecule has 0 aliphatic rings. The Morgan fingerprint density at radius 2 is 2.00 bits per heavy atom. The Morgan fingerprint density at radius 1 is 1.28 bits per heavy atom. The number of guanidine groups is 1. The fourth-order valence-corrected chi connectivity index (χ4v) is 2.80. The number of nitrogens with zero attached hydrogens (tertiary/aromatic N) is 2. The minimum absolute atomic E-state index is 0. The molecule has 0 radical (unpaired) electrons. The van der Waals surface area contributed by atoms with Crippen molar-refractivity contribution in [3.05, 3.63) is 40.3 Å². The molecule has 2 N–H and O–H groups in total. The first-order valence-electron chi connectivity index (χ1n) is 7.78. The molecule has 1 unspecified atom stereocenters. The van der Waals surface area contributed by atoms with Crippen molar-refractivity contribution in [1.82, 2.24) is 15.6 Å². The lowest BCUT2D eigenvalue weighted by molar-refractivity contribution is 0.213. The second-order valence-electron chi connectivity index (χ2n) is 5.25. The standard InChI is InChI=1S/C17H24N4O2S.HI/c1-12(23-15-8-6-5-7-14(15)22-4)9-20-17(18-3)21-11-16-19-10-13(2)24-16;/h5-8,10,12H,9,11H2,1-4H3,(H2,18,20,21);1H. The van der Waals surface area contributed by atoms with Crippen molar-refractivity contribution in [1.29, 1.82) is 0 Å². The largest absolute Gasteiger partial charge is 0.493 e. The average Bonchev–Trinajstić information content (AvgIpc) is 3.01. The van der Waals surface area contributed by atoms with Crippen molar-refractivity contribution in [3.8, 4) is 11.5 Å². The van der Waals surface area contributed by atoms with Crippen molar-refractivity contribution in [2.75, 3.05) is 20.7 Å². The Labute approximate surface area is 170 Å². The fraction of sp³-hybridized carbons (Fsp3) is 0.412. The van der Waals surface area contributed by atoms with E-state index in [-0.39, 0.29) is 30.1 Å². The first-order valence-corrected chi connectivity index (χ1v) is 8.59. The normalized spacial score (nSPS) is 12.1. The summed E-state index contributed by atoms with van der Waals surface area (Å²) in [6.07, 6.45) is 1.84. The lowest BCUT2D eigenvalue weighted by Crippen LogP contribution is -2.41. The summed E-state index contributed by atoms with van der Waals surface area (Å²) >= 11 is 1.68. The molecule has 25 heavy (non-hydrogen) atoms. The number of aliphatic imine (C=N–C) groups is 1. The van der Waals surface area contributed by atoms with E-state index in [0.29, 0.717) is 13.1 Å². The van der Waals surface area contributed by atoms with Crippen LogP contribution in [0.1, 0.15) is 16.8 Å². The van der Waals surface area contributed by atoms with Gasteiger partial charge in [-0.1, -0.05) is 12.1 Å². The highest BCUT2D eigenvalue weighted by Gasteiger charge is 2.09. The number of halogens is 1. The molecule has 8 heteroatoms. The summed E-state index contributed by atoms with van der Waals surface area (Å²) in [4.78, 5) is 9.74. The average molecular weight is 476 g/mol. The minimum atomic E-state index is -0.0399. The van der Waals surface area contributed by atoms with Gasteiger partial charge in [-0.05, 0) is 26.0 Å². The first kappa shape index (κ1) is 21.5. The van der Waals surface area contributed by atoms with Gasteiger partial charge in [0.05, 0.1) is 20.2 Å². The van der Waals surface area contributed by atoms with Gasteiger partial charge in [0.1, 0.15) is 11.1 Å². The zero-order valence-corrected chi connectivity index (χ0v) is 18.1. The van der Waals surface area contributed by atoms with Gasteiger partial charge in [0, 0.05) is 18.1 Å². The van der Waals surface area contributed by atoms with Gasteiger partial charge in [-0.3, -0.25) is 4.99 Å². The van der Waals surface area contributed by atoms with E-state index < -0.39 is 0 Å². The van der Waals surface area contributed by atoms with Crippen LogP contribution in [0, 0.1) is 6.92 Å². The van der Waals surface area contributed by atoms with Crippen LogP contribution in [0.2, 0.25) is 0 Å². The second-order valence-corrected chi connectivity index (χ2v) is 6.57. The van der Waals surface area contributed by atoms with Crippen LogP contribution in [-0.4, -0.2) is 37.7 Å². The maximum Gasteiger partial charge on any atom is 0.191 e. The molecule has 6 nitrogen and oxygen atoms in total. The predicted octanol–water partition coefficient (Wildman–Crippen LogP) is 3.21. The molecule has 1 aromatic heterocycles. The molecular formula is C17H25IN4O2S. The summed E-state index contributed by atoms with van der Waals surface area (Å²) in [6.45, 7) is 5.32. The summed E-state index contributed by atoms with van der Waals surface area (Å²) in [5, 5.41) is 7.54. The predicted molar refractivity (Wildman–Crippen MR) is 114 cm³/mol. The van der Waals surface area contributed by atoms with E-state index in [2.05, 4.69) is 20.6 Å². The number of hydrogen-bond donors (Lipinski definition) is 2. The van der Waals surface area contributed by atoms with Crippen LogP contribution in [0.3, 0.4) is 0 Å². The number of benzene rings is 1. The topological polar surface area (TPSA) is 67.8 Å². The van der Waals surface area contributed by atoms with Gasteiger partial charge < -0.3 is 20.1 Å². The van der Waals surface area contributed by atoms with Crippen molar-refractivity contribution >= 4 is 41.3 Å². The van der Waals surface area contributed by atoms with E-state index in [0.717, 1.165) is 22.5 Å². The molecule has 0 amide bonds. The van der Waals surface area contributed by atoms with Gasteiger partial charge in [0.2, 0.25) is 0 Å². The number of para-hydroxylation sites is 2. The summed E-state index contributed by atoms with van der Waals surface area (Å²) in [7, 11) is 3.38. The van der Waals surface area contributed by atoms with Gasteiger partial charge >= 0.3 is 0 Å². The van der Waals surface area contributed by atoms with Crippen LogP contribution < -0.4 is 20.1 Å². The molecule has 1 aromatic carbocycles. The molecule has 138 valence electrons. The Bertz CT molecular complexity index is 678. The van der Waals surface area contributed by atoms with Crippen LogP contribution in [0.5, 0.6) is 11.5 Å². The van der Waals surface area contributed by atoms with Crippen LogP contribution in [0.4, 0.5) is 0 Å². The Morgan fingerprint density at radius 3 is 2.60 bits per heavy atom. The molecule has 0 bridgehead atoms. The lowest BCUT2D eigenvalue weighted by atomic mass is 10.3. The third-order valence-electron chi connectivity index (χ3n) is 3.25. The van der Waals surface area contributed by atoms with Gasteiger partial charge in [0.25, 0.3) is 0 Å². The maximum atomic E-state index is 5.92. The van der Waals surface area contributed by atoms with E-state index in [4.69, 9.17) is 9.47 Å². The SMILES string of the molecule is CN=C(NCc1ncc(C)s1)NCC(C)Oc1ccccc1OC.I. The Kier molecular flexibility index (Phi) is 9.58. The highest BCUT2D eigenvalue weighted by molar-refractivity contribution is 14.0. The molecule has 0 saturated heterocycles. The molecule has 0 aliphatic carbocycles. The van der Waals surface area contributed by atoms with Gasteiger partial charge in [0.15, 0.2) is 17.5 Å². The number of rotatable bonds is 7. The number of hydrogen-bond acceptors (Lipinski definition) is 5. The van der Waals surface area contributed by atoms with Gasteiger partial charge in [-0.25, -0.2) is 4.98 Å². The summed E-state index contributed by atoms with van der Waals surface area (Å²) in [5.41, 5.74) is 0. The Hall–Kier alpha value is -1.55. The van der Waals surface area contributed by atoms with Crippen molar-refractivity contribution in [2.45, 2.75) is 26.5 Å². The fourth-order valence-electron chi connectivity index (χ4n) is 2.08. The number of ether oxygens (including phenoxy) is 2. The zero-order chi connectivity index (χ0) is 17.4. The number of thiazole rings is 1. The summed E-state index contributed by atoms with van der Waals surface area (Å²) in [5.74, 6) is 2.18. The third kappa shape index (κ3) is 7.07. The van der Waals surface area contributed by atoms with E-state index in [9.17, 15) is 0 Å². The van der Waals surface area contributed by atoms with Gasteiger partial charge in [-0.15, -0.1) is 35.3 Å². The van der Waals surface area contributed by atoms with Crippen LogP contribution in [-0.2, 0) is 6.54 Å². The van der Waals surface area contributed by atoms with Crippen molar-refractivity contribution in [3.63, 3.8) is 0 Å². The summed E-state index contributed by atoms with van der Waals surface area (Å²) < 4.78 is 11.2. The summed E-state index contributed by atoms with van der Waals surface area (Å²) in [6, 6.07) is 7.62. The number of aryl methyl sites for hydroxylation is 1. The minimum Gasteiger partial charge on any atom is -0.493 e. The molecule has 1 heterocycles. The smallest absolute Gasteiger partial charge is 0.191 e. The number of aromatic nitrogens is 1. The van der Waals surface area contributed by atoms with E-state index >= 15 is 0 Å². The molecule has 0 spiro atoms. The molecule has 0 fully saturated rings. The van der Waals surface area contributed by atoms with Crippen LogP contribution in [0.25, 0.3) is 0 Å². The van der Waals surface area contributed by atoms with Crippen molar-refractivity contribution < 1.29 is 9.47 Å². The molecule has 2 rings (SSSR count). The Balaban J connectivity index is 0.00000312. The van der Waals surface area contributed by atoms with Crippen LogP contribution >= 0.6 is 35.3 Å². The van der Waals surface area contributed by atoms with Crippen LogP contribution in [0.15, 0.2) is 35.5 Å². The van der Waals surface area contributed by atoms with E-state index in [1.54, 1.807) is 25.5 Å². The first-order chi connectivity index (χ1) is 11.6. The lowest BCUT2D eigenvalue weighted by Gasteiger charge is -2.18. The third-order valence-corrected chi connectivity index (χ3v) is 4.17. The molecule has 0 aliphatic heterocycles. The quantitative estimate of drug-likeness (QED) is 0.365. The number of nitrogens with one attached hydrogen (secondary N) is 2. The highest BCUT2D eigenvalue weighted by atomic mass is 127. The molecule has 1 atom stereocenters. The second kappa shape index (κ2) is 11.1. The zero-order valence-electron chi connectivity index (χ0n) is 14.9. The number of methoxy groups -OCH3 is 1. The molecular weight excluding hydrogens is 451 g/mol. The van der Waals surface area contributed by atoms with E-state index in [1.807, 2.05) is 44.3 Å². The van der Waals surface area contributed by atoms with E-state index in [1.165, 1.54) is 4.88 Å². The molecule has 2 aromatic rings. The monoisotopic (exact) mass is 476 g/mol. The maximum absolute atomic E-state index is 5.92.